The standard InChI is InChI=1S/C18H27N3O2S2/c1-15-7-5-6-10-17(15)19-18(24)20-11-13-21(14-12-20)25(22,23)16-8-3-2-4-9-16/h2-4,8-9,15,17H,5-7,10-14H2,1H3,(H,19,24)/t15-,17-/m0/s1. The third kappa shape index (κ3) is 4.33. The monoisotopic (exact) mass is 381 g/mol. The Morgan fingerprint density at radius 3 is 2.36 bits per heavy atom. The fraction of sp³-hybridized carbons (Fsp3) is 0.611. The van der Waals surface area contributed by atoms with Crippen LogP contribution in [0.15, 0.2) is 35.2 Å². The molecule has 1 saturated heterocycles. The lowest BCUT2D eigenvalue weighted by molar-refractivity contribution is 0.251. The highest BCUT2D eigenvalue weighted by Gasteiger charge is 2.30. The smallest absolute Gasteiger partial charge is 0.243 e. The number of benzene rings is 1. The Morgan fingerprint density at radius 2 is 1.72 bits per heavy atom. The van der Waals surface area contributed by atoms with Crippen LogP contribution in [0.2, 0.25) is 0 Å². The van der Waals surface area contributed by atoms with E-state index in [9.17, 15) is 8.42 Å². The molecule has 2 fully saturated rings. The second-order valence-electron chi connectivity index (χ2n) is 7.02. The van der Waals surface area contributed by atoms with Gasteiger partial charge in [-0.05, 0) is 43.1 Å². The molecule has 0 unspecified atom stereocenters. The molecule has 0 aromatic heterocycles. The van der Waals surface area contributed by atoms with Gasteiger partial charge in [0, 0.05) is 32.2 Å². The van der Waals surface area contributed by atoms with E-state index in [4.69, 9.17) is 12.2 Å². The topological polar surface area (TPSA) is 52.6 Å². The minimum Gasteiger partial charge on any atom is -0.360 e. The molecule has 1 aromatic carbocycles. The fourth-order valence-electron chi connectivity index (χ4n) is 3.65. The predicted octanol–water partition coefficient (Wildman–Crippen LogP) is 2.45. The second-order valence-corrected chi connectivity index (χ2v) is 9.35. The van der Waals surface area contributed by atoms with Crippen LogP contribution in [0.25, 0.3) is 0 Å². The van der Waals surface area contributed by atoms with Crippen LogP contribution in [-0.4, -0.2) is 55.0 Å². The van der Waals surface area contributed by atoms with Gasteiger partial charge in [-0.15, -0.1) is 0 Å². The average Bonchev–Trinajstić information content (AvgIpc) is 2.64. The van der Waals surface area contributed by atoms with E-state index < -0.39 is 10.0 Å². The molecule has 1 aliphatic carbocycles. The summed E-state index contributed by atoms with van der Waals surface area (Å²) < 4.78 is 26.9. The lowest BCUT2D eigenvalue weighted by atomic mass is 9.86. The Morgan fingerprint density at radius 1 is 1.08 bits per heavy atom. The van der Waals surface area contributed by atoms with E-state index >= 15 is 0 Å². The first kappa shape index (κ1) is 18.6. The maximum atomic E-state index is 12.7. The minimum atomic E-state index is -3.40. The molecule has 0 radical (unpaired) electrons. The lowest BCUT2D eigenvalue weighted by Crippen LogP contribution is -2.55. The maximum Gasteiger partial charge on any atom is 0.243 e. The third-order valence-electron chi connectivity index (χ3n) is 5.33. The highest BCUT2D eigenvalue weighted by molar-refractivity contribution is 7.89. The van der Waals surface area contributed by atoms with Crippen molar-refractivity contribution in [2.75, 3.05) is 26.2 Å². The molecule has 1 N–H and O–H groups in total. The molecule has 1 aliphatic heterocycles. The van der Waals surface area contributed by atoms with E-state index in [0.29, 0.717) is 43.0 Å². The molecule has 0 spiro atoms. The maximum absolute atomic E-state index is 12.7. The van der Waals surface area contributed by atoms with E-state index in [1.807, 2.05) is 6.07 Å². The van der Waals surface area contributed by atoms with Crippen molar-refractivity contribution in [3.8, 4) is 0 Å². The largest absolute Gasteiger partial charge is 0.360 e. The van der Waals surface area contributed by atoms with Crippen LogP contribution in [0.4, 0.5) is 0 Å². The summed E-state index contributed by atoms with van der Waals surface area (Å²) >= 11 is 5.58. The Labute approximate surface area is 156 Å². The van der Waals surface area contributed by atoms with Gasteiger partial charge in [-0.3, -0.25) is 0 Å². The summed E-state index contributed by atoms with van der Waals surface area (Å²) in [6, 6.07) is 9.10. The highest BCUT2D eigenvalue weighted by atomic mass is 32.2. The molecular formula is C18H27N3O2S2. The molecule has 0 bridgehead atoms. The summed E-state index contributed by atoms with van der Waals surface area (Å²) in [4.78, 5) is 2.47. The van der Waals surface area contributed by atoms with Crippen molar-refractivity contribution in [3.05, 3.63) is 30.3 Å². The van der Waals surface area contributed by atoms with Crippen LogP contribution >= 0.6 is 12.2 Å². The minimum absolute atomic E-state index is 0.361. The van der Waals surface area contributed by atoms with Crippen molar-refractivity contribution in [2.45, 2.75) is 43.5 Å². The summed E-state index contributed by atoms with van der Waals surface area (Å²) in [5.74, 6) is 0.645. The number of hydrogen-bond donors (Lipinski definition) is 1. The predicted molar refractivity (Wildman–Crippen MR) is 104 cm³/mol. The van der Waals surface area contributed by atoms with Crippen molar-refractivity contribution >= 4 is 27.4 Å². The van der Waals surface area contributed by atoms with Gasteiger partial charge >= 0.3 is 0 Å². The Bertz CT molecular complexity index is 686. The Balaban J connectivity index is 1.55. The number of nitrogens with zero attached hydrogens (tertiary/aromatic N) is 2. The normalized spacial score (nSPS) is 25.6. The molecule has 1 saturated carbocycles. The zero-order valence-corrected chi connectivity index (χ0v) is 16.4. The number of hydrogen-bond acceptors (Lipinski definition) is 3. The number of thiocarbonyl (C=S) groups is 1. The molecule has 25 heavy (non-hydrogen) atoms. The first-order chi connectivity index (χ1) is 12.0. The molecule has 1 aromatic rings. The molecule has 3 rings (SSSR count). The first-order valence-electron chi connectivity index (χ1n) is 9.09. The van der Waals surface area contributed by atoms with E-state index in [2.05, 4.69) is 17.1 Å². The van der Waals surface area contributed by atoms with Crippen molar-refractivity contribution in [3.63, 3.8) is 0 Å². The van der Waals surface area contributed by atoms with Crippen molar-refractivity contribution in [1.29, 1.82) is 0 Å². The summed E-state index contributed by atoms with van der Waals surface area (Å²) in [6.45, 7) is 4.50. The fourth-order valence-corrected chi connectivity index (χ4v) is 5.43. The number of rotatable bonds is 3. The van der Waals surface area contributed by atoms with Crippen LogP contribution in [0.5, 0.6) is 0 Å². The number of nitrogens with one attached hydrogen (secondary N) is 1. The van der Waals surface area contributed by atoms with Crippen LogP contribution in [0, 0.1) is 5.92 Å². The third-order valence-corrected chi connectivity index (χ3v) is 7.62. The summed E-state index contributed by atoms with van der Waals surface area (Å²) in [5, 5.41) is 4.29. The van der Waals surface area contributed by atoms with Crippen LogP contribution < -0.4 is 5.32 Å². The van der Waals surface area contributed by atoms with E-state index in [1.165, 1.54) is 25.7 Å². The molecule has 138 valence electrons. The Hall–Kier alpha value is -1.18. The summed E-state index contributed by atoms with van der Waals surface area (Å²) in [7, 11) is -3.40. The van der Waals surface area contributed by atoms with Gasteiger partial charge in [-0.25, -0.2) is 8.42 Å². The van der Waals surface area contributed by atoms with Crippen LogP contribution in [-0.2, 0) is 10.0 Å². The highest BCUT2D eigenvalue weighted by Crippen LogP contribution is 2.24. The van der Waals surface area contributed by atoms with Gasteiger partial charge in [0.2, 0.25) is 10.0 Å². The first-order valence-corrected chi connectivity index (χ1v) is 10.9. The molecule has 0 amide bonds. The molecule has 7 heteroatoms. The molecule has 5 nitrogen and oxygen atoms in total. The molecule has 1 heterocycles. The zero-order chi connectivity index (χ0) is 17.9. The van der Waals surface area contributed by atoms with Gasteiger partial charge in [0.15, 0.2) is 5.11 Å². The van der Waals surface area contributed by atoms with Crippen molar-refractivity contribution in [1.82, 2.24) is 14.5 Å². The van der Waals surface area contributed by atoms with Crippen molar-refractivity contribution in [2.24, 2.45) is 5.92 Å². The number of piperazine rings is 1. The van der Waals surface area contributed by atoms with Gasteiger partial charge in [0.05, 0.1) is 4.90 Å². The number of sulfonamides is 1. The molecule has 2 atom stereocenters. The van der Waals surface area contributed by atoms with E-state index in [-0.39, 0.29) is 0 Å². The van der Waals surface area contributed by atoms with Gasteiger partial charge in [0.25, 0.3) is 0 Å². The van der Waals surface area contributed by atoms with Gasteiger partial charge < -0.3 is 10.2 Å². The van der Waals surface area contributed by atoms with Gasteiger partial charge in [0.1, 0.15) is 0 Å². The van der Waals surface area contributed by atoms with E-state index in [1.54, 1.807) is 28.6 Å². The van der Waals surface area contributed by atoms with Gasteiger partial charge in [-0.2, -0.15) is 4.31 Å². The lowest BCUT2D eigenvalue weighted by Gasteiger charge is -2.38. The van der Waals surface area contributed by atoms with Crippen molar-refractivity contribution < 1.29 is 8.42 Å². The van der Waals surface area contributed by atoms with E-state index in [0.717, 1.165) is 5.11 Å². The van der Waals surface area contributed by atoms with Crippen LogP contribution in [0.1, 0.15) is 32.6 Å². The Kier molecular flexibility index (Phi) is 5.96. The van der Waals surface area contributed by atoms with Gasteiger partial charge in [-0.1, -0.05) is 38.0 Å². The van der Waals surface area contributed by atoms with Crippen LogP contribution in [0.3, 0.4) is 0 Å². The second kappa shape index (κ2) is 8.01. The zero-order valence-electron chi connectivity index (χ0n) is 14.7. The average molecular weight is 382 g/mol. The molecular weight excluding hydrogens is 354 g/mol. The summed E-state index contributed by atoms with van der Waals surface area (Å²) in [5.41, 5.74) is 0. The molecule has 2 aliphatic rings. The quantitative estimate of drug-likeness (QED) is 0.815. The summed E-state index contributed by atoms with van der Waals surface area (Å²) in [6.07, 6.45) is 4.99. The SMILES string of the molecule is C[C@H]1CCCC[C@@H]1NC(=S)N1CCN(S(=O)(=O)c2ccccc2)CC1.